The van der Waals surface area contributed by atoms with E-state index in [0.717, 1.165) is 29.6 Å². The van der Waals surface area contributed by atoms with Crippen LogP contribution in [0, 0.1) is 0 Å². The third kappa shape index (κ3) is 7.40. The number of pyridine rings is 1. The van der Waals surface area contributed by atoms with Crippen molar-refractivity contribution >= 4 is 35.8 Å². The first-order chi connectivity index (χ1) is 18.7. The van der Waals surface area contributed by atoms with Crippen molar-refractivity contribution in [1.82, 2.24) is 30.3 Å². The predicted molar refractivity (Wildman–Crippen MR) is 132 cm³/mol. The van der Waals surface area contributed by atoms with Gasteiger partial charge in [-0.3, -0.25) is 29.0 Å². The highest BCUT2D eigenvalue weighted by molar-refractivity contribution is 5.97. The molecule has 0 spiro atoms. The van der Waals surface area contributed by atoms with Crippen LogP contribution in [0.1, 0.15) is 24.4 Å². The minimum Gasteiger partial charge on any atom is -0.480 e. The quantitative estimate of drug-likeness (QED) is 0.300. The molecular formula is C24H32N6O9. The van der Waals surface area contributed by atoms with Crippen LogP contribution in [0.5, 0.6) is 0 Å². The molecule has 3 heterocycles. The monoisotopic (exact) mass is 548 g/mol. The first kappa shape index (κ1) is 29.3. The van der Waals surface area contributed by atoms with Gasteiger partial charge in [0.05, 0.1) is 33.1 Å². The topological polar surface area (TPSA) is 188 Å². The van der Waals surface area contributed by atoms with E-state index in [9.17, 15) is 28.8 Å². The van der Waals surface area contributed by atoms with Crippen molar-refractivity contribution in [3.63, 3.8) is 0 Å². The standard InChI is InChI=1S/C24H32N6O9/c1-38-21(34)12-17-23(36)28(14-20(32)33)9-10-30(17)22(35)16(27-24(37)39-2)11-19(31)29-8-7-26-13-18(29)15-3-5-25-6-4-15/h3-6,16-18,26H,7-14H2,1-2H3,(H,27,37)(H,32,33)/t16?,17-,18-/m1/s1. The van der Waals surface area contributed by atoms with Crippen molar-refractivity contribution in [2.75, 3.05) is 53.5 Å². The number of amides is 4. The lowest BCUT2D eigenvalue weighted by Gasteiger charge is -2.41. The first-order valence-electron chi connectivity index (χ1n) is 12.3. The van der Waals surface area contributed by atoms with Crippen LogP contribution < -0.4 is 10.6 Å². The molecule has 2 aliphatic rings. The molecule has 0 saturated carbocycles. The number of nitrogens with zero attached hydrogens (tertiary/aromatic N) is 4. The Bertz CT molecular complexity index is 1090. The fourth-order valence-electron chi connectivity index (χ4n) is 4.64. The molecule has 3 N–H and O–H groups in total. The molecule has 39 heavy (non-hydrogen) atoms. The number of piperazine rings is 2. The number of carbonyl (C=O) groups is 6. The van der Waals surface area contributed by atoms with Crippen LogP contribution >= 0.6 is 0 Å². The number of methoxy groups -OCH3 is 2. The number of carbonyl (C=O) groups excluding carboxylic acids is 5. The molecule has 0 aromatic carbocycles. The predicted octanol–water partition coefficient (Wildman–Crippen LogP) is -1.64. The maximum atomic E-state index is 13.7. The molecule has 0 aliphatic carbocycles. The number of alkyl carbamates (subject to hydrolysis) is 1. The van der Waals surface area contributed by atoms with Crippen molar-refractivity contribution in [2.45, 2.75) is 31.0 Å². The second kappa shape index (κ2) is 13.5. The Morgan fingerprint density at radius 2 is 1.82 bits per heavy atom. The Labute approximate surface area is 224 Å². The molecule has 0 bridgehead atoms. The van der Waals surface area contributed by atoms with Crippen molar-refractivity contribution < 1.29 is 43.3 Å². The Hall–Kier alpha value is -4.27. The Morgan fingerprint density at radius 3 is 2.46 bits per heavy atom. The fraction of sp³-hybridized carbons (Fsp3) is 0.542. The summed E-state index contributed by atoms with van der Waals surface area (Å²) >= 11 is 0. The van der Waals surface area contributed by atoms with E-state index in [-0.39, 0.29) is 19.1 Å². The number of rotatable bonds is 9. The molecule has 2 fully saturated rings. The smallest absolute Gasteiger partial charge is 0.407 e. The van der Waals surface area contributed by atoms with E-state index in [4.69, 9.17) is 5.11 Å². The zero-order chi connectivity index (χ0) is 28.5. The number of nitrogens with one attached hydrogen (secondary N) is 2. The van der Waals surface area contributed by atoms with Gasteiger partial charge in [0, 0.05) is 45.1 Å². The molecule has 1 aromatic rings. The molecule has 15 heteroatoms. The van der Waals surface area contributed by atoms with Crippen LogP contribution in [-0.4, -0.2) is 126 Å². The van der Waals surface area contributed by atoms with Crippen LogP contribution in [0.15, 0.2) is 24.5 Å². The SMILES string of the molecule is COC(=O)C[C@@H]1C(=O)N(CC(=O)O)CCN1C(=O)C(CC(=O)N1CCNC[C@@H]1c1ccncc1)NC(=O)OC. The van der Waals surface area contributed by atoms with Crippen LogP contribution in [0.4, 0.5) is 4.79 Å². The Morgan fingerprint density at radius 1 is 1.10 bits per heavy atom. The fourth-order valence-corrected chi connectivity index (χ4v) is 4.64. The number of hydrogen-bond donors (Lipinski definition) is 3. The third-order valence-electron chi connectivity index (χ3n) is 6.59. The summed E-state index contributed by atoms with van der Waals surface area (Å²) in [6, 6.07) is 0.437. The van der Waals surface area contributed by atoms with Gasteiger partial charge in [0.1, 0.15) is 18.6 Å². The maximum absolute atomic E-state index is 13.7. The van der Waals surface area contributed by atoms with Crippen molar-refractivity contribution in [1.29, 1.82) is 0 Å². The molecule has 2 aliphatic heterocycles. The molecular weight excluding hydrogens is 516 g/mol. The molecule has 3 atom stereocenters. The minimum atomic E-state index is -1.42. The van der Waals surface area contributed by atoms with Crippen molar-refractivity contribution in [3.05, 3.63) is 30.1 Å². The van der Waals surface area contributed by atoms with Gasteiger partial charge in [0.15, 0.2) is 0 Å². The average Bonchev–Trinajstić information content (AvgIpc) is 2.94. The van der Waals surface area contributed by atoms with Crippen LogP contribution in [0.3, 0.4) is 0 Å². The van der Waals surface area contributed by atoms with Gasteiger partial charge in [-0.1, -0.05) is 0 Å². The van der Waals surface area contributed by atoms with Gasteiger partial charge in [0.25, 0.3) is 0 Å². The second-order valence-electron chi connectivity index (χ2n) is 8.96. The summed E-state index contributed by atoms with van der Waals surface area (Å²) in [5.74, 6) is -4.02. The number of carboxylic acids is 1. The summed E-state index contributed by atoms with van der Waals surface area (Å²) < 4.78 is 9.31. The molecule has 15 nitrogen and oxygen atoms in total. The van der Waals surface area contributed by atoms with Gasteiger partial charge in [-0.05, 0) is 17.7 Å². The lowest BCUT2D eigenvalue weighted by atomic mass is 10.0. The van der Waals surface area contributed by atoms with Gasteiger partial charge >= 0.3 is 18.0 Å². The lowest BCUT2D eigenvalue weighted by Crippen LogP contribution is -2.63. The summed E-state index contributed by atoms with van der Waals surface area (Å²) in [5, 5.41) is 14.7. The zero-order valence-electron chi connectivity index (χ0n) is 21.7. The van der Waals surface area contributed by atoms with Crippen molar-refractivity contribution in [3.8, 4) is 0 Å². The van der Waals surface area contributed by atoms with Crippen LogP contribution in [0.25, 0.3) is 0 Å². The molecule has 0 radical (unpaired) electrons. The summed E-state index contributed by atoms with van der Waals surface area (Å²) in [4.78, 5) is 83.4. The van der Waals surface area contributed by atoms with E-state index in [0.29, 0.717) is 19.6 Å². The van der Waals surface area contributed by atoms with Gasteiger partial charge in [-0.25, -0.2) is 4.79 Å². The summed E-state index contributed by atoms with van der Waals surface area (Å²) in [7, 11) is 2.21. The molecule has 1 unspecified atom stereocenters. The molecule has 4 amide bonds. The highest BCUT2D eigenvalue weighted by atomic mass is 16.5. The van der Waals surface area contributed by atoms with E-state index in [1.165, 1.54) is 0 Å². The number of ether oxygens (including phenoxy) is 2. The second-order valence-corrected chi connectivity index (χ2v) is 8.96. The third-order valence-corrected chi connectivity index (χ3v) is 6.59. The molecule has 2 saturated heterocycles. The normalized spacial score (nSPS) is 20.2. The number of aliphatic carboxylic acids is 1. The number of hydrogen-bond acceptors (Lipinski definition) is 10. The van der Waals surface area contributed by atoms with E-state index >= 15 is 0 Å². The van der Waals surface area contributed by atoms with Crippen LogP contribution in [0.2, 0.25) is 0 Å². The molecule has 3 rings (SSSR count). The molecule has 212 valence electrons. The minimum absolute atomic E-state index is 0.116. The van der Waals surface area contributed by atoms with Gasteiger partial charge in [-0.2, -0.15) is 0 Å². The Balaban J connectivity index is 1.85. The van der Waals surface area contributed by atoms with E-state index in [1.807, 2.05) is 0 Å². The molecule has 1 aromatic heterocycles. The highest BCUT2D eigenvalue weighted by Gasteiger charge is 2.43. The Kier molecular flexibility index (Phi) is 10.1. The van der Waals surface area contributed by atoms with Gasteiger partial charge < -0.3 is 39.9 Å². The van der Waals surface area contributed by atoms with Crippen LogP contribution in [-0.2, 0) is 33.4 Å². The van der Waals surface area contributed by atoms with E-state index in [2.05, 4.69) is 25.1 Å². The first-order valence-corrected chi connectivity index (χ1v) is 12.3. The summed E-state index contributed by atoms with van der Waals surface area (Å²) in [6.45, 7) is 0.496. The van der Waals surface area contributed by atoms with E-state index in [1.54, 1.807) is 29.4 Å². The van der Waals surface area contributed by atoms with Crippen molar-refractivity contribution in [2.24, 2.45) is 0 Å². The number of carboxylic acid groups (broad SMARTS) is 1. The average molecular weight is 549 g/mol. The number of esters is 1. The zero-order valence-corrected chi connectivity index (χ0v) is 21.7. The van der Waals surface area contributed by atoms with Gasteiger partial charge in [-0.15, -0.1) is 0 Å². The maximum Gasteiger partial charge on any atom is 0.407 e. The van der Waals surface area contributed by atoms with E-state index < -0.39 is 67.2 Å². The summed E-state index contributed by atoms with van der Waals surface area (Å²) in [5.41, 5.74) is 0.840. The van der Waals surface area contributed by atoms with Gasteiger partial charge in [0.2, 0.25) is 17.7 Å². The largest absolute Gasteiger partial charge is 0.480 e. The lowest BCUT2D eigenvalue weighted by molar-refractivity contribution is -0.160. The number of aromatic nitrogens is 1. The summed E-state index contributed by atoms with van der Waals surface area (Å²) in [6.07, 6.45) is 1.29. The highest BCUT2D eigenvalue weighted by Crippen LogP contribution is 2.24.